The van der Waals surface area contributed by atoms with E-state index in [1.54, 1.807) is 0 Å². The topological polar surface area (TPSA) is 46.3 Å². The van der Waals surface area contributed by atoms with Crippen LogP contribution in [-0.2, 0) is 11.3 Å². The molecule has 1 unspecified atom stereocenters. The molecule has 3 nitrogen and oxygen atoms in total. The van der Waals surface area contributed by atoms with Crippen LogP contribution in [0.15, 0.2) is 54.6 Å². The van der Waals surface area contributed by atoms with E-state index in [0.29, 0.717) is 11.6 Å². The van der Waals surface area contributed by atoms with Gasteiger partial charge in [0.1, 0.15) is 6.04 Å². The summed E-state index contributed by atoms with van der Waals surface area (Å²) in [4.78, 5) is 13.7. The van der Waals surface area contributed by atoms with Crippen LogP contribution in [0.2, 0.25) is 5.02 Å². The van der Waals surface area contributed by atoms with Gasteiger partial charge in [0.05, 0.1) is 0 Å². The highest BCUT2D eigenvalue weighted by Gasteiger charge is 2.23. The molecule has 4 heteroatoms. The molecule has 1 amide bonds. The molecular formula is C16H17ClN2O. The molecule has 1 atom stereocenters. The van der Waals surface area contributed by atoms with Crippen molar-refractivity contribution in [3.63, 3.8) is 0 Å². The fourth-order valence-corrected chi connectivity index (χ4v) is 2.45. The Morgan fingerprint density at radius 3 is 2.35 bits per heavy atom. The summed E-state index contributed by atoms with van der Waals surface area (Å²) in [5.74, 6) is -0.370. The Bertz CT molecular complexity index is 586. The molecule has 0 saturated carbocycles. The molecule has 0 aromatic heterocycles. The lowest BCUT2D eigenvalue weighted by molar-refractivity contribution is -0.123. The number of halogens is 1. The number of likely N-dealkylation sites (N-methyl/N-ethyl adjacent to an activating group) is 1. The van der Waals surface area contributed by atoms with Gasteiger partial charge in [-0.05, 0) is 24.2 Å². The minimum absolute atomic E-state index is 0.370. The predicted molar refractivity (Wildman–Crippen MR) is 81.3 cm³/mol. The van der Waals surface area contributed by atoms with Gasteiger partial charge in [0, 0.05) is 11.6 Å². The van der Waals surface area contributed by atoms with Crippen LogP contribution in [0, 0.1) is 0 Å². The summed E-state index contributed by atoms with van der Waals surface area (Å²) in [6, 6.07) is 16.6. The number of nitrogens with zero attached hydrogens (tertiary/aromatic N) is 1. The standard InChI is InChI=1S/C16H17ClN2O/c1-19(11-13-9-5-6-10-14(13)17)15(16(18)20)12-7-3-2-4-8-12/h2-10,15H,11H2,1H3,(H2,18,20). The van der Waals surface area contributed by atoms with E-state index in [9.17, 15) is 4.79 Å². The number of nitrogens with two attached hydrogens (primary N) is 1. The number of amides is 1. The Kier molecular flexibility index (Phi) is 4.77. The number of rotatable bonds is 5. The maximum absolute atomic E-state index is 11.8. The van der Waals surface area contributed by atoms with Crippen molar-refractivity contribution in [1.82, 2.24) is 4.90 Å². The van der Waals surface area contributed by atoms with Gasteiger partial charge in [0.2, 0.25) is 5.91 Å². The summed E-state index contributed by atoms with van der Waals surface area (Å²) >= 11 is 6.16. The summed E-state index contributed by atoms with van der Waals surface area (Å²) in [6.07, 6.45) is 0. The number of hydrogen-bond donors (Lipinski definition) is 1. The molecule has 2 aromatic carbocycles. The minimum atomic E-state index is -0.465. The average molecular weight is 289 g/mol. The van der Waals surface area contributed by atoms with Gasteiger partial charge in [0.25, 0.3) is 0 Å². The molecule has 0 aliphatic heterocycles. The van der Waals surface area contributed by atoms with Gasteiger partial charge in [-0.3, -0.25) is 9.69 Å². The van der Waals surface area contributed by atoms with E-state index in [1.165, 1.54) is 0 Å². The summed E-state index contributed by atoms with van der Waals surface area (Å²) in [5, 5.41) is 0.690. The molecule has 0 bridgehead atoms. The van der Waals surface area contributed by atoms with Crippen molar-refractivity contribution in [3.8, 4) is 0 Å². The molecular weight excluding hydrogens is 272 g/mol. The lowest BCUT2D eigenvalue weighted by atomic mass is 10.0. The second-order valence-electron chi connectivity index (χ2n) is 4.72. The third kappa shape index (κ3) is 3.38. The molecule has 0 spiro atoms. The number of carbonyl (C=O) groups is 1. The molecule has 0 saturated heterocycles. The fourth-order valence-electron chi connectivity index (χ4n) is 2.26. The van der Waals surface area contributed by atoms with Gasteiger partial charge in [-0.15, -0.1) is 0 Å². The number of hydrogen-bond acceptors (Lipinski definition) is 2. The molecule has 2 N–H and O–H groups in total. The van der Waals surface area contributed by atoms with Crippen molar-refractivity contribution in [2.45, 2.75) is 12.6 Å². The van der Waals surface area contributed by atoms with Crippen molar-refractivity contribution < 1.29 is 4.79 Å². The van der Waals surface area contributed by atoms with Crippen LogP contribution < -0.4 is 5.73 Å². The van der Waals surface area contributed by atoms with Gasteiger partial charge < -0.3 is 5.73 Å². The molecule has 104 valence electrons. The zero-order valence-corrected chi connectivity index (χ0v) is 12.0. The van der Waals surface area contributed by atoms with Crippen molar-refractivity contribution in [2.75, 3.05) is 7.05 Å². The Morgan fingerprint density at radius 2 is 1.75 bits per heavy atom. The first-order chi connectivity index (χ1) is 9.59. The van der Waals surface area contributed by atoms with Crippen LogP contribution in [0.25, 0.3) is 0 Å². The van der Waals surface area contributed by atoms with E-state index in [1.807, 2.05) is 66.5 Å². The van der Waals surface area contributed by atoms with E-state index >= 15 is 0 Å². The number of benzene rings is 2. The lowest BCUT2D eigenvalue weighted by Gasteiger charge is -2.26. The first-order valence-corrected chi connectivity index (χ1v) is 6.75. The number of carbonyl (C=O) groups excluding carboxylic acids is 1. The quantitative estimate of drug-likeness (QED) is 0.919. The zero-order chi connectivity index (χ0) is 14.5. The lowest BCUT2D eigenvalue weighted by Crippen LogP contribution is -2.35. The van der Waals surface area contributed by atoms with Crippen LogP contribution in [0.1, 0.15) is 17.2 Å². The van der Waals surface area contributed by atoms with Crippen LogP contribution in [0.3, 0.4) is 0 Å². The Hall–Kier alpha value is -1.84. The SMILES string of the molecule is CN(Cc1ccccc1Cl)C(C(N)=O)c1ccccc1. The van der Waals surface area contributed by atoms with Gasteiger partial charge in [-0.25, -0.2) is 0 Å². The normalized spacial score (nSPS) is 12.3. The van der Waals surface area contributed by atoms with Crippen LogP contribution in [0.5, 0.6) is 0 Å². The maximum Gasteiger partial charge on any atom is 0.239 e. The second-order valence-corrected chi connectivity index (χ2v) is 5.13. The maximum atomic E-state index is 11.8. The van der Waals surface area contributed by atoms with Crippen LogP contribution in [-0.4, -0.2) is 17.9 Å². The monoisotopic (exact) mass is 288 g/mol. The first kappa shape index (κ1) is 14.6. The van der Waals surface area contributed by atoms with Gasteiger partial charge in [-0.1, -0.05) is 60.1 Å². The highest BCUT2D eigenvalue weighted by atomic mass is 35.5. The largest absolute Gasteiger partial charge is 0.368 e. The molecule has 0 heterocycles. The summed E-state index contributed by atoms with van der Waals surface area (Å²) in [6.45, 7) is 0.558. The number of primary amides is 1. The summed E-state index contributed by atoms with van der Waals surface area (Å²) in [7, 11) is 1.87. The van der Waals surface area contributed by atoms with E-state index in [4.69, 9.17) is 17.3 Å². The Balaban J connectivity index is 2.23. The van der Waals surface area contributed by atoms with Gasteiger partial charge in [-0.2, -0.15) is 0 Å². The first-order valence-electron chi connectivity index (χ1n) is 6.37. The average Bonchev–Trinajstić information content (AvgIpc) is 2.42. The third-order valence-corrected chi connectivity index (χ3v) is 3.57. The second kappa shape index (κ2) is 6.55. The molecule has 0 radical (unpaired) electrons. The van der Waals surface area contributed by atoms with E-state index < -0.39 is 6.04 Å². The molecule has 0 aliphatic rings. The summed E-state index contributed by atoms with van der Waals surface area (Å²) < 4.78 is 0. The van der Waals surface area contributed by atoms with Gasteiger partial charge in [0.15, 0.2) is 0 Å². The van der Waals surface area contributed by atoms with Crippen LogP contribution >= 0.6 is 11.6 Å². The highest BCUT2D eigenvalue weighted by molar-refractivity contribution is 6.31. The van der Waals surface area contributed by atoms with Crippen LogP contribution in [0.4, 0.5) is 0 Å². The Labute approximate surface area is 124 Å². The van der Waals surface area contributed by atoms with Crippen molar-refractivity contribution in [1.29, 1.82) is 0 Å². The molecule has 20 heavy (non-hydrogen) atoms. The van der Waals surface area contributed by atoms with Crippen molar-refractivity contribution in [2.24, 2.45) is 5.73 Å². The Morgan fingerprint density at radius 1 is 1.15 bits per heavy atom. The van der Waals surface area contributed by atoms with Crippen molar-refractivity contribution in [3.05, 3.63) is 70.7 Å². The van der Waals surface area contributed by atoms with E-state index in [-0.39, 0.29) is 5.91 Å². The fraction of sp³-hybridized carbons (Fsp3) is 0.188. The van der Waals surface area contributed by atoms with E-state index in [2.05, 4.69) is 0 Å². The van der Waals surface area contributed by atoms with Crippen molar-refractivity contribution >= 4 is 17.5 Å². The highest BCUT2D eigenvalue weighted by Crippen LogP contribution is 2.23. The summed E-state index contributed by atoms with van der Waals surface area (Å²) in [5.41, 5.74) is 7.40. The predicted octanol–water partition coefficient (Wildman–Crippen LogP) is 3.00. The zero-order valence-electron chi connectivity index (χ0n) is 11.3. The minimum Gasteiger partial charge on any atom is -0.368 e. The smallest absolute Gasteiger partial charge is 0.239 e. The molecule has 2 aromatic rings. The van der Waals surface area contributed by atoms with E-state index in [0.717, 1.165) is 11.1 Å². The molecule has 2 rings (SSSR count). The third-order valence-electron chi connectivity index (χ3n) is 3.20. The molecule has 0 aliphatic carbocycles. The van der Waals surface area contributed by atoms with Gasteiger partial charge >= 0.3 is 0 Å². The molecule has 0 fully saturated rings.